The summed E-state index contributed by atoms with van der Waals surface area (Å²) >= 11 is 5.79. The Morgan fingerprint density at radius 3 is 2.54 bits per heavy atom. The maximum atomic E-state index is 12.2. The maximum Gasteiger partial charge on any atom is 0.291 e. The molecule has 6 nitrogen and oxygen atoms in total. The number of nitro groups is 1. The zero-order valence-electron chi connectivity index (χ0n) is 12.2. The maximum absolute atomic E-state index is 12.2. The minimum atomic E-state index is -0.486. The molecule has 0 saturated heterocycles. The van der Waals surface area contributed by atoms with Crippen LogP contribution in [0.2, 0.25) is 5.02 Å². The van der Waals surface area contributed by atoms with E-state index in [4.69, 9.17) is 16.0 Å². The van der Waals surface area contributed by atoms with Gasteiger partial charge in [-0.3, -0.25) is 14.9 Å². The molecule has 0 spiro atoms. The second-order valence-corrected chi connectivity index (χ2v) is 5.37. The van der Waals surface area contributed by atoms with Crippen LogP contribution in [-0.4, -0.2) is 10.8 Å². The molecule has 0 radical (unpaired) electrons. The van der Waals surface area contributed by atoms with Crippen molar-refractivity contribution in [2.75, 3.05) is 5.32 Å². The first-order valence-corrected chi connectivity index (χ1v) is 7.32. The normalized spacial score (nSPS) is 10.4. The second-order valence-electron chi connectivity index (χ2n) is 4.93. The van der Waals surface area contributed by atoms with Crippen LogP contribution in [0.3, 0.4) is 0 Å². The van der Waals surface area contributed by atoms with Crippen molar-refractivity contribution >= 4 is 28.9 Å². The van der Waals surface area contributed by atoms with E-state index in [9.17, 15) is 14.9 Å². The number of anilines is 1. The van der Waals surface area contributed by atoms with Crippen molar-refractivity contribution in [1.82, 2.24) is 0 Å². The van der Waals surface area contributed by atoms with E-state index < -0.39 is 10.8 Å². The molecule has 0 unspecified atom stereocenters. The van der Waals surface area contributed by atoms with Crippen LogP contribution in [0.25, 0.3) is 11.3 Å². The van der Waals surface area contributed by atoms with Crippen molar-refractivity contribution in [3.8, 4) is 11.3 Å². The summed E-state index contributed by atoms with van der Waals surface area (Å²) in [5.41, 5.74) is 1.06. The Hall–Kier alpha value is -3.12. The average Bonchev–Trinajstić information content (AvgIpc) is 3.07. The fourth-order valence-electron chi connectivity index (χ4n) is 2.11. The number of nitrogens with zero attached hydrogens (tertiary/aromatic N) is 1. The molecule has 0 atom stereocenters. The Balaban J connectivity index is 1.80. The minimum absolute atomic E-state index is 0.0453. The largest absolute Gasteiger partial charge is 0.451 e. The molecular weight excluding hydrogens is 332 g/mol. The number of halogens is 1. The van der Waals surface area contributed by atoms with Crippen LogP contribution in [0.15, 0.2) is 65.1 Å². The fourth-order valence-corrected chi connectivity index (χ4v) is 2.24. The number of non-ortho nitro benzene ring substituents is 1. The molecule has 0 aliphatic rings. The Morgan fingerprint density at radius 2 is 1.83 bits per heavy atom. The monoisotopic (exact) mass is 342 g/mol. The lowest BCUT2D eigenvalue weighted by molar-refractivity contribution is -0.384. The Bertz CT molecular complexity index is 903. The molecule has 0 aliphatic carbocycles. The van der Waals surface area contributed by atoms with Crippen LogP contribution in [0.5, 0.6) is 0 Å². The van der Waals surface area contributed by atoms with Crippen molar-refractivity contribution in [3.63, 3.8) is 0 Å². The van der Waals surface area contributed by atoms with Crippen LogP contribution in [0, 0.1) is 10.1 Å². The summed E-state index contributed by atoms with van der Waals surface area (Å²) in [7, 11) is 0. The quantitative estimate of drug-likeness (QED) is 0.547. The zero-order valence-corrected chi connectivity index (χ0v) is 13.0. The zero-order chi connectivity index (χ0) is 17.1. The highest BCUT2D eigenvalue weighted by molar-refractivity contribution is 6.30. The Labute approximate surface area is 141 Å². The van der Waals surface area contributed by atoms with Gasteiger partial charge in [-0.05, 0) is 36.4 Å². The number of hydrogen-bond donors (Lipinski definition) is 1. The number of nitrogens with one attached hydrogen (secondary N) is 1. The van der Waals surface area contributed by atoms with Crippen LogP contribution >= 0.6 is 11.6 Å². The first kappa shape index (κ1) is 15.8. The number of nitro benzene ring substituents is 1. The minimum Gasteiger partial charge on any atom is -0.451 e. The lowest BCUT2D eigenvalue weighted by Gasteiger charge is -2.03. The van der Waals surface area contributed by atoms with Crippen molar-refractivity contribution in [2.24, 2.45) is 0 Å². The predicted molar refractivity (Wildman–Crippen MR) is 90.2 cm³/mol. The van der Waals surface area contributed by atoms with E-state index >= 15 is 0 Å². The van der Waals surface area contributed by atoms with Gasteiger partial charge in [-0.1, -0.05) is 23.7 Å². The predicted octanol–water partition coefficient (Wildman–Crippen LogP) is 4.76. The Kier molecular flexibility index (Phi) is 4.31. The van der Waals surface area contributed by atoms with Gasteiger partial charge in [-0.15, -0.1) is 0 Å². The van der Waals surface area contributed by atoms with E-state index in [1.165, 1.54) is 18.2 Å². The van der Waals surface area contributed by atoms with Gasteiger partial charge in [-0.25, -0.2) is 0 Å². The van der Waals surface area contributed by atoms with E-state index in [2.05, 4.69) is 5.32 Å². The lowest BCUT2D eigenvalue weighted by atomic mass is 10.1. The summed E-state index contributed by atoms with van der Waals surface area (Å²) in [6.07, 6.45) is 0. The molecule has 1 amide bonds. The molecular formula is C17H11ClN2O4. The number of furan rings is 1. The molecule has 0 aliphatic heterocycles. The van der Waals surface area contributed by atoms with Crippen LogP contribution in [-0.2, 0) is 0 Å². The van der Waals surface area contributed by atoms with Crippen molar-refractivity contribution < 1.29 is 14.1 Å². The molecule has 3 rings (SSSR count). The van der Waals surface area contributed by atoms with Crippen molar-refractivity contribution in [2.45, 2.75) is 0 Å². The number of amides is 1. The van der Waals surface area contributed by atoms with Gasteiger partial charge < -0.3 is 9.73 Å². The third-order valence-electron chi connectivity index (χ3n) is 3.27. The highest BCUT2D eigenvalue weighted by Gasteiger charge is 2.14. The number of carbonyl (C=O) groups is 1. The topological polar surface area (TPSA) is 85.4 Å². The number of benzene rings is 2. The van der Waals surface area contributed by atoms with Crippen LogP contribution in [0.1, 0.15) is 10.6 Å². The summed E-state index contributed by atoms with van der Waals surface area (Å²) < 4.78 is 5.50. The van der Waals surface area contributed by atoms with Gasteiger partial charge in [0.25, 0.3) is 11.6 Å². The molecule has 1 aromatic heterocycles. The first-order valence-electron chi connectivity index (χ1n) is 6.94. The van der Waals surface area contributed by atoms with Gasteiger partial charge in [0.15, 0.2) is 5.76 Å². The summed E-state index contributed by atoms with van der Waals surface area (Å²) in [6.45, 7) is 0. The molecule has 1 N–H and O–H groups in total. The van der Waals surface area contributed by atoms with Gasteiger partial charge in [0.05, 0.1) is 4.92 Å². The van der Waals surface area contributed by atoms with Gasteiger partial charge in [0.1, 0.15) is 5.76 Å². The van der Waals surface area contributed by atoms with Gasteiger partial charge in [-0.2, -0.15) is 0 Å². The van der Waals surface area contributed by atoms with Crippen LogP contribution < -0.4 is 5.32 Å². The third kappa shape index (κ3) is 3.44. The standard InChI is InChI=1S/C17H11ClN2O4/c18-12-4-6-13(7-5-12)19-17(21)16-9-8-15(24-16)11-2-1-3-14(10-11)20(22)23/h1-10H,(H,19,21). The molecule has 7 heteroatoms. The summed E-state index contributed by atoms with van der Waals surface area (Å²) in [5.74, 6) is 0.0559. The molecule has 3 aromatic rings. The van der Waals surface area contributed by atoms with Gasteiger partial charge in [0.2, 0.25) is 0 Å². The SMILES string of the molecule is O=C(Nc1ccc(Cl)cc1)c1ccc(-c2cccc([N+](=O)[O-])c2)o1. The molecule has 120 valence electrons. The van der Waals surface area contributed by atoms with E-state index in [-0.39, 0.29) is 11.4 Å². The van der Waals surface area contributed by atoms with E-state index in [0.29, 0.717) is 22.0 Å². The lowest BCUT2D eigenvalue weighted by Crippen LogP contribution is -2.10. The van der Waals surface area contributed by atoms with Gasteiger partial charge >= 0.3 is 0 Å². The van der Waals surface area contributed by atoms with Gasteiger partial charge in [0, 0.05) is 28.4 Å². The van der Waals surface area contributed by atoms with Crippen molar-refractivity contribution in [3.05, 3.63) is 81.6 Å². The smallest absolute Gasteiger partial charge is 0.291 e. The van der Waals surface area contributed by atoms with Crippen LogP contribution in [0.4, 0.5) is 11.4 Å². The molecule has 2 aromatic carbocycles. The molecule has 0 saturated carbocycles. The van der Waals surface area contributed by atoms with E-state index in [0.717, 1.165) is 0 Å². The Morgan fingerprint density at radius 1 is 1.08 bits per heavy atom. The molecule has 1 heterocycles. The molecule has 0 bridgehead atoms. The second kappa shape index (κ2) is 6.55. The van der Waals surface area contributed by atoms with E-state index in [1.807, 2.05) is 0 Å². The summed E-state index contributed by atoms with van der Waals surface area (Å²) in [6, 6.07) is 15.8. The van der Waals surface area contributed by atoms with E-state index in [1.54, 1.807) is 42.5 Å². The number of carbonyl (C=O) groups excluding carboxylic acids is 1. The third-order valence-corrected chi connectivity index (χ3v) is 3.53. The average molecular weight is 343 g/mol. The highest BCUT2D eigenvalue weighted by atomic mass is 35.5. The fraction of sp³-hybridized carbons (Fsp3) is 0. The molecule has 0 fully saturated rings. The molecule has 24 heavy (non-hydrogen) atoms. The number of rotatable bonds is 4. The highest BCUT2D eigenvalue weighted by Crippen LogP contribution is 2.26. The van der Waals surface area contributed by atoms with Crippen molar-refractivity contribution in [1.29, 1.82) is 0 Å². The summed E-state index contributed by atoms with van der Waals surface area (Å²) in [5, 5.41) is 14.1. The summed E-state index contributed by atoms with van der Waals surface area (Å²) in [4.78, 5) is 22.5. The first-order chi connectivity index (χ1) is 11.5. The number of hydrogen-bond acceptors (Lipinski definition) is 4.